The molecule has 37 heavy (non-hydrogen) atoms. The molecule has 1 aliphatic carbocycles. The van der Waals surface area contributed by atoms with Crippen molar-refractivity contribution in [2.24, 2.45) is 11.8 Å². The van der Waals surface area contributed by atoms with Gasteiger partial charge in [-0.25, -0.2) is 4.79 Å². The molecule has 3 aliphatic rings. The van der Waals surface area contributed by atoms with Crippen molar-refractivity contribution in [2.45, 2.75) is 49.5 Å². The minimum Gasteiger partial charge on any atom is -0.504 e. The number of hydrogen-bond acceptors (Lipinski definition) is 11. The van der Waals surface area contributed by atoms with Gasteiger partial charge in [-0.2, -0.15) is 0 Å². The lowest BCUT2D eigenvalue weighted by Gasteiger charge is -2.44. The molecule has 0 unspecified atom stereocenters. The summed E-state index contributed by atoms with van der Waals surface area (Å²) in [4.78, 5) is 11.6. The van der Waals surface area contributed by atoms with Crippen LogP contribution in [-0.4, -0.2) is 98.0 Å². The number of aliphatic hydroxyl groups excluding tert-OH is 4. The molecule has 2 fully saturated rings. The van der Waals surface area contributed by atoms with E-state index in [-0.39, 0.29) is 30.1 Å². The molecule has 0 aromatic heterocycles. The molecule has 12 heteroatoms. The molecular weight excluding hydrogens is 492 g/mol. The van der Waals surface area contributed by atoms with Crippen molar-refractivity contribution in [2.75, 3.05) is 13.2 Å². The molecular formula is C25H30O12. The van der Waals surface area contributed by atoms with Crippen LogP contribution in [-0.2, 0) is 23.7 Å². The third kappa shape index (κ3) is 5.50. The monoisotopic (exact) mass is 522 g/mol. The molecule has 9 atom stereocenters. The number of aliphatic carboxylic acids is 1. The number of aliphatic hydroxyl groups is 4. The van der Waals surface area contributed by atoms with Crippen LogP contribution in [0, 0.1) is 11.8 Å². The highest BCUT2D eigenvalue weighted by molar-refractivity contribution is 5.87. The molecule has 0 spiro atoms. The maximum atomic E-state index is 11.6. The highest BCUT2D eigenvalue weighted by Gasteiger charge is 2.52. The Kier molecular flexibility index (Phi) is 8.19. The number of fused-ring (bicyclic) bond motifs is 1. The molecule has 0 radical (unpaired) electrons. The molecule has 0 bridgehead atoms. The minimum atomic E-state index is -1.52. The van der Waals surface area contributed by atoms with Crippen LogP contribution in [0.4, 0.5) is 0 Å². The van der Waals surface area contributed by atoms with Gasteiger partial charge in [0.15, 0.2) is 17.8 Å². The normalized spacial score (nSPS) is 35.7. The van der Waals surface area contributed by atoms with E-state index in [0.717, 1.165) is 6.26 Å². The minimum absolute atomic E-state index is 0.0333. The fourth-order valence-electron chi connectivity index (χ4n) is 4.81. The zero-order valence-electron chi connectivity index (χ0n) is 19.7. The number of benzene rings is 1. The van der Waals surface area contributed by atoms with Gasteiger partial charge in [-0.15, -0.1) is 0 Å². The second-order valence-corrected chi connectivity index (χ2v) is 9.13. The quantitative estimate of drug-likeness (QED) is 0.176. The first-order valence-corrected chi connectivity index (χ1v) is 11.7. The first-order chi connectivity index (χ1) is 17.6. The number of hydrogen-bond donors (Lipinski definition) is 7. The first-order valence-electron chi connectivity index (χ1n) is 11.7. The summed E-state index contributed by atoms with van der Waals surface area (Å²) in [7, 11) is 0. The molecule has 1 aromatic carbocycles. The molecule has 4 rings (SSSR count). The summed E-state index contributed by atoms with van der Waals surface area (Å²) in [6.45, 7) is 3.15. The van der Waals surface area contributed by atoms with Crippen molar-refractivity contribution < 1.29 is 59.5 Å². The van der Waals surface area contributed by atoms with Gasteiger partial charge in [0.2, 0.25) is 6.29 Å². The number of phenolic OH excluding ortho intramolecular Hbond substituents is 2. The molecule has 2 aliphatic heterocycles. The van der Waals surface area contributed by atoms with Gasteiger partial charge in [-0.3, -0.25) is 0 Å². The standard InChI is InChI=1S/C25H30O12/c1-11-16(28)8-13-14(23(32)33)10-35-24(19(11)13)37-25-22(21(31)20(30)18(9-26)36-25)34-6-2-3-12-4-5-15(27)17(29)7-12/h2-5,7,10,13,16,18-22,24-31H,1,6,8-9H2,(H,32,33)/b3-2+/t13-,16+,18-,19-,20-,21+,22-,24+,25+/m1/s1. The van der Waals surface area contributed by atoms with E-state index in [1.165, 1.54) is 12.1 Å². The molecule has 2 heterocycles. The summed E-state index contributed by atoms with van der Waals surface area (Å²) in [5.74, 6) is -3.11. The number of phenols is 2. The summed E-state index contributed by atoms with van der Waals surface area (Å²) in [6.07, 6.45) is -4.61. The maximum absolute atomic E-state index is 11.6. The van der Waals surface area contributed by atoms with Crippen LogP contribution in [0.15, 0.2) is 48.3 Å². The largest absolute Gasteiger partial charge is 0.504 e. The Balaban J connectivity index is 1.50. The summed E-state index contributed by atoms with van der Waals surface area (Å²) < 4.78 is 22.9. The first kappa shape index (κ1) is 27.1. The Morgan fingerprint density at radius 2 is 1.89 bits per heavy atom. The second-order valence-electron chi connectivity index (χ2n) is 9.13. The van der Waals surface area contributed by atoms with Crippen molar-refractivity contribution in [3.8, 4) is 11.5 Å². The SMILES string of the molecule is C=C1[C@H]2[C@H](O[C@@H]3O[C@H](CO)[C@@H](O)[C@H](O)[C@H]3OC/C=C/c3ccc(O)c(O)c3)OC=C(C(=O)O)[C@H]2C[C@@H]1O. The van der Waals surface area contributed by atoms with E-state index in [2.05, 4.69) is 6.58 Å². The van der Waals surface area contributed by atoms with Crippen LogP contribution in [0.5, 0.6) is 11.5 Å². The van der Waals surface area contributed by atoms with Crippen LogP contribution >= 0.6 is 0 Å². The molecule has 7 N–H and O–H groups in total. The number of carbonyl (C=O) groups is 1. The topological polar surface area (TPSA) is 196 Å². The van der Waals surface area contributed by atoms with E-state index in [9.17, 15) is 40.5 Å². The Morgan fingerprint density at radius 1 is 1.14 bits per heavy atom. The summed E-state index contributed by atoms with van der Waals surface area (Å²) >= 11 is 0. The van der Waals surface area contributed by atoms with Crippen LogP contribution in [0.25, 0.3) is 6.08 Å². The summed E-state index contributed by atoms with van der Waals surface area (Å²) in [5, 5.41) is 69.5. The van der Waals surface area contributed by atoms with Crippen LogP contribution < -0.4 is 0 Å². The zero-order valence-corrected chi connectivity index (χ0v) is 19.7. The number of carboxylic acid groups (broad SMARTS) is 1. The lowest BCUT2D eigenvalue weighted by Crippen LogP contribution is -2.61. The van der Waals surface area contributed by atoms with Gasteiger partial charge >= 0.3 is 5.97 Å². The lowest BCUT2D eigenvalue weighted by atomic mass is 9.85. The molecule has 1 saturated carbocycles. The van der Waals surface area contributed by atoms with E-state index in [4.69, 9.17) is 18.9 Å². The average molecular weight is 523 g/mol. The summed E-state index contributed by atoms with van der Waals surface area (Å²) in [5.41, 5.74) is 0.858. The number of ether oxygens (including phenoxy) is 4. The lowest BCUT2D eigenvalue weighted by molar-refractivity contribution is -0.344. The Bertz CT molecular complexity index is 1070. The van der Waals surface area contributed by atoms with E-state index in [0.29, 0.717) is 11.1 Å². The van der Waals surface area contributed by atoms with Gasteiger partial charge in [0.05, 0.1) is 37.1 Å². The van der Waals surface area contributed by atoms with Gasteiger partial charge in [-0.05, 0) is 29.7 Å². The highest BCUT2D eigenvalue weighted by atomic mass is 16.8. The third-order valence-corrected chi connectivity index (χ3v) is 6.82. The fraction of sp³-hybridized carbons (Fsp3) is 0.480. The van der Waals surface area contributed by atoms with Crippen molar-refractivity contribution in [1.29, 1.82) is 0 Å². The predicted molar refractivity (Wildman–Crippen MR) is 125 cm³/mol. The van der Waals surface area contributed by atoms with E-state index in [1.54, 1.807) is 18.2 Å². The third-order valence-electron chi connectivity index (χ3n) is 6.82. The predicted octanol–water partition coefficient (Wildman–Crippen LogP) is -0.170. The van der Waals surface area contributed by atoms with Gasteiger partial charge in [-0.1, -0.05) is 24.8 Å². The van der Waals surface area contributed by atoms with Crippen molar-refractivity contribution >= 4 is 12.0 Å². The van der Waals surface area contributed by atoms with Crippen LogP contribution in [0.1, 0.15) is 12.0 Å². The van der Waals surface area contributed by atoms with Crippen LogP contribution in [0.2, 0.25) is 0 Å². The molecule has 1 aromatic rings. The van der Waals surface area contributed by atoms with E-state index in [1.807, 2.05) is 0 Å². The Hall–Kier alpha value is -2.97. The number of aromatic hydroxyl groups is 2. The van der Waals surface area contributed by atoms with Crippen molar-refractivity contribution in [3.63, 3.8) is 0 Å². The van der Waals surface area contributed by atoms with Crippen LogP contribution in [0.3, 0.4) is 0 Å². The summed E-state index contributed by atoms with van der Waals surface area (Å²) in [6, 6.07) is 4.22. The van der Waals surface area contributed by atoms with Crippen molar-refractivity contribution in [3.05, 3.63) is 53.8 Å². The van der Waals surface area contributed by atoms with Gasteiger partial charge in [0.25, 0.3) is 0 Å². The van der Waals surface area contributed by atoms with Crippen molar-refractivity contribution in [1.82, 2.24) is 0 Å². The van der Waals surface area contributed by atoms with Gasteiger partial charge in [0.1, 0.15) is 24.4 Å². The smallest absolute Gasteiger partial charge is 0.334 e. The average Bonchev–Trinajstić information content (AvgIpc) is 3.16. The Morgan fingerprint density at radius 3 is 2.57 bits per heavy atom. The molecule has 1 saturated heterocycles. The molecule has 12 nitrogen and oxygen atoms in total. The highest BCUT2D eigenvalue weighted by Crippen LogP contribution is 2.46. The number of rotatable bonds is 8. The fourth-order valence-corrected chi connectivity index (χ4v) is 4.81. The zero-order chi connectivity index (χ0) is 26.9. The maximum Gasteiger partial charge on any atom is 0.334 e. The molecule has 202 valence electrons. The second kappa shape index (κ2) is 11.2. The van der Waals surface area contributed by atoms with E-state index < -0.39 is 67.5 Å². The Labute approximate surface area is 211 Å². The molecule has 0 amide bonds. The van der Waals surface area contributed by atoms with E-state index >= 15 is 0 Å². The number of carboxylic acids is 1. The van der Waals surface area contributed by atoms with Gasteiger partial charge < -0.3 is 54.7 Å². The van der Waals surface area contributed by atoms with Gasteiger partial charge in [0, 0.05) is 5.92 Å².